The zero-order valence-corrected chi connectivity index (χ0v) is 12.5. The number of carbonyl (C=O) groups is 1. The molecule has 2 unspecified atom stereocenters. The first-order valence-electron chi connectivity index (χ1n) is 5.12. The van der Waals surface area contributed by atoms with Crippen LogP contribution in [0.4, 0.5) is 0 Å². The van der Waals surface area contributed by atoms with Crippen molar-refractivity contribution in [3.05, 3.63) is 0 Å². The number of ether oxygens (including phenoxy) is 1. The Morgan fingerprint density at radius 2 is 1.53 bits per heavy atom. The average Bonchev–Trinajstić information content (AvgIpc) is 2.34. The minimum atomic E-state index is -2.21. The molecule has 0 bridgehead atoms. The third-order valence-corrected chi connectivity index (χ3v) is 2.15. The maximum Gasteiger partial charge on any atom is 2.00 e. The molecule has 0 amide bonds. The Balaban J connectivity index is -0.000000482. The van der Waals surface area contributed by atoms with Gasteiger partial charge in [-0.15, -0.1) is 0 Å². The van der Waals surface area contributed by atoms with Crippen LogP contribution in [0.15, 0.2) is 0 Å². The predicted molar refractivity (Wildman–Crippen MR) is 62.9 cm³/mol. The third-order valence-electron chi connectivity index (χ3n) is 2.15. The summed E-state index contributed by atoms with van der Waals surface area (Å²) in [6.45, 7) is 0.177. The van der Waals surface area contributed by atoms with Gasteiger partial charge in [0.2, 0.25) is 6.29 Å². The minimum absolute atomic E-state index is 0. The smallest absolute Gasteiger partial charge is 1.00 e. The molecule has 0 saturated carbocycles. The van der Waals surface area contributed by atoms with Crippen LogP contribution >= 0.6 is 0 Å². The van der Waals surface area contributed by atoms with Gasteiger partial charge in [0, 0.05) is 0 Å². The van der Waals surface area contributed by atoms with Crippen LogP contribution in [0, 0.1) is 0 Å². The van der Waals surface area contributed by atoms with E-state index in [9.17, 15) is 25.2 Å². The van der Waals surface area contributed by atoms with Crippen molar-refractivity contribution < 1.29 is 48.1 Å². The number of aliphatic hydroxyl groups excluding tert-OH is 7. The zero-order chi connectivity index (χ0) is 14.5. The second kappa shape index (κ2) is 10.2. The summed E-state index contributed by atoms with van der Waals surface area (Å²) in [6.07, 6.45) is -11.6. The van der Waals surface area contributed by atoms with Crippen LogP contribution in [0.3, 0.4) is 0 Å². The number of rotatable bonds is 7. The zero-order valence-electron chi connectivity index (χ0n) is 12.3. The molecular weight excluding hydrogens is 292 g/mol. The molecule has 0 radical (unpaired) electrons. The fourth-order valence-electron chi connectivity index (χ4n) is 0.993. The molecule has 0 aromatic rings. The molecule has 0 aromatic carbocycles. The molecule has 7 N–H and O–H groups in total. The summed E-state index contributed by atoms with van der Waals surface area (Å²) in [6, 6.07) is 0. The van der Waals surface area contributed by atoms with Gasteiger partial charge in [-0.25, -0.2) is 4.79 Å². The van der Waals surface area contributed by atoms with E-state index in [1.807, 2.05) is 0 Å². The van der Waals surface area contributed by atoms with Gasteiger partial charge in [0.15, 0.2) is 0 Å². The van der Waals surface area contributed by atoms with Crippen LogP contribution < -0.4 is 0 Å². The number of hydrogen-bond donors (Lipinski definition) is 7. The summed E-state index contributed by atoms with van der Waals surface area (Å²) >= 11 is 0. The van der Waals surface area contributed by atoms with E-state index in [2.05, 4.69) is 4.74 Å². The Bertz CT molecular complexity index is 272. The van der Waals surface area contributed by atoms with Gasteiger partial charge in [-0.3, -0.25) is 0 Å². The van der Waals surface area contributed by atoms with E-state index in [1.165, 1.54) is 0 Å². The molecular formula is C9H20CaO9. The van der Waals surface area contributed by atoms with Crippen molar-refractivity contribution in [2.24, 2.45) is 0 Å². The van der Waals surface area contributed by atoms with E-state index in [0.29, 0.717) is 0 Å². The Morgan fingerprint density at radius 1 is 1.05 bits per heavy atom. The van der Waals surface area contributed by atoms with E-state index in [0.717, 1.165) is 6.92 Å². The van der Waals surface area contributed by atoms with E-state index < -0.39 is 49.4 Å². The first kappa shape index (κ1) is 21.7. The molecule has 0 spiro atoms. The molecule has 0 aromatic heterocycles. The van der Waals surface area contributed by atoms with Crippen molar-refractivity contribution in [1.29, 1.82) is 0 Å². The molecule has 19 heavy (non-hydrogen) atoms. The quantitative estimate of drug-likeness (QED) is 0.139. The summed E-state index contributed by atoms with van der Waals surface area (Å²) < 4.78 is 4.16. The molecule has 0 fully saturated rings. The first-order chi connectivity index (χ1) is 8.22. The predicted octanol–water partition coefficient (Wildman–Crippen LogP) is -4.49. The molecule has 9 nitrogen and oxygen atoms in total. The molecule has 0 aliphatic rings. The molecule has 10 heteroatoms. The summed E-state index contributed by atoms with van der Waals surface area (Å²) in [4.78, 5) is 10.9. The van der Waals surface area contributed by atoms with Crippen molar-refractivity contribution in [3.63, 3.8) is 0 Å². The van der Waals surface area contributed by atoms with Gasteiger partial charge < -0.3 is 43.3 Å². The normalized spacial score (nSPS) is 20.4. The van der Waals surface area contributed by atoms with E-state index in [-0.39, 0.29) is 40.6 Å². The van der Waals surface area contributed by atoms with Crippen molar-refractivity contribution in [1.82, 2.24) is 0 Å². The molecule has 0 aliphatic heterocycles. The average molecular weight is 312 g/mol. The van der Waals surface area contributed by atoms with Crippen molar-refractivity contribution in [2.75, 3.05) is 6.61 Å². The van der Waals surface area contributed by atoms with Gasteiger partial charge in [-0.2, -0.15) is 0 Å². The SMILES string of the molecule is CC(O)C(=O)OC(O)[C@@H](O)[C@@H](O)[C@H](O)[C@H](O)CO.[Ca+2].[H-].[H-]. The van der Waals surface area contributed by atoms with Crippen molar-refractivity contribution in [2.45, 2.75) is 43.7 Å². The second-order valence-corrected chi connectivity index (χ2v) is 3.73. The number of aliphatic hydroxyl groups is 7. The van der Waals surface area contributed by atoms with Gasteiger partial charge in [-0.05, 0) is 6.92 Å². The second-order valence-electron chi connectivity index (χ2n) is 3.73. The fraction of sp³-hybridized carbons (Fsp3) is 0.889. The monoisotopic (exact) mass is 312 g/mol. The van der Waals surface area contributed by atoms with Gasteiger partial charge in [-0.1, -0.05) is 0 Å². The summed E-state index contributed by atoms with van der Waals surface area (Å²) in [5.74, 6) is -1.24. The Hall–Kier alpha value is 0.450. The molecule has 0 saturated heterocycles. The molecule has 0 rings (SSSR count). The van der Waals surface area contributed by atoms with Crippen LogP contribution in [0.5, 0.6) is 0 Å². The van der Waals surface area contributed by atoms with Crippen LogP contribution in [0.2, 0.25) is 0 Å². The Kier molecular flexibility index (Phi) is 11.7. The number of esters is 1. The largest absolute Gasteiger partial charge is 2.00 e. The Labute approximate surface area is 142 Å². The van der Waals surface area contributed by atoms with E-state index in [4.69, 9.17) is 15.3 Å². The summed E-state index contributed by atoms with van der Waals surface area (Å²) in [5.41, 5.74) is 0. The summed E-state index contributed by atoms with van der Waals surface area (Å²) in [7, 11) is 0. The van der Waals surface area contributed by atoms with E-state index >= 15 is 0 Å². The molecule has 112 valence electrons. The number of hydrogen-bond acceptors (Lipinski definition) is 9. The minimum Gasteiger partial charge on any atom is -1.00 e. The maximum absolute atomic E-state index is 10.9. The van der Waals surface area contributed by atoms with Crippen LogP contribution in [-0.2, 0) is 9.53 Å². The molecule has 0 heterocycles. The van der Waals surface area contributed by atoms with Crippen LogP contribution in [-0.4, -0.2) is 123 Å². The van der Waals surface area contributed by atoms with Gasteiger partial charge in [0.1, 0.15) is 30.5 Å². The maximum atomic E-state index is 10.9. The third kappa shape index (κ3) is 7.14. The molecule has 6 atom stereocenters. The Morgan fingerprint density at radius 3 is 1.89 bits per heavy atom. The van der Waals surface area contributed by atoms with Crippen LogP contribution in [0.25, 0.3) is 0 Å². The summed E-state index contributed by atoms with van der Waals surface area (Å²) in [5, 5.41) is 63.3. The standard InChI is InChI=1S/C9H18O9.Ca.2H/c1-3(11)8(16)18-9(17)7(15)6(14)5(13)4(12)2-10;;;/h3-7,9-15,17H,2H2,1H3;;;/q;+2;2*-1/t3?,4-,5-,6+,7+,9?;;;/m1.../s1. The topological polar surface area (TPSA) is 168 Å². The van der Waals surface area contributed by atoms with Gasteiger partial charge in [0.25, 0.3) is 0 Å². The molecule has 0 aliphatic carbocycles. The fourth-order valence-corrected chi connectivity index (χ4v) is 0.993. The van der Waals surface area contributed by atoms with Crippen molar-refractivity contribution in [3.8, 4) is 0 Å². The van der Waals surface area contributed by atoms with Gasteiger partial charge in [0.05, 0.1) is 6.61 Å². The van der Waals surface area contributed by atoms with Crippen molar-refractivity contribution >= 4 is 43.7 Å². The van der Waals surface area contributed by atoms with E-state index in [1.54, 1.807) is 0 Å². The van der Waals surface area contributed by atoms with Gasteiger partial charge >= 0.3 is 43.7 Å². The van der Waals surface area contributed by atoms with Crippen LogP contribution in [0.1, 0.15) is 9.78 Å². The first-order valence-corrected chi connectivity index (χ1v) is 5.12. The number of carbonyl (C=O) groups excluding carboxylic acids is 1.